The predicted molar refractivity (Wildman–Crippen MR) is 87.9 cm³/mol. The van der Waals surface area contributed by atoms with Crippen LogP contribution in [0, 0.1) is 13.8 Å². The van der Waals surface area contributed by atoms with Crippen molar-refractivity contribution in [1.29, 1.82) is 0 Å². The topological polar surface area (TPSA) is 0 Å². The van der Waals surface area contributed by atoms with Gasteiger partial charge in [0.1, 0.15) is 0 Å². The van der Waals surface area contributed by atoms with Crippen LogP contribution in [0.15, 0.2) is 60.7 Å². The van der Waals surface area contributed by atoms with Crippen molar-refractivity contribution in [3.63, 3.8) is 0 Å². The number of hydrogen-bond acceptors (Lipinski definition) is 0. The summed E-state index contributed by atoms with van der Waals surface area (Å²) in [7, 11) is 0. The fourth-order valence-electron chi connectivity index (χ4n) is 3.03. The van der Waals surface area contributed by atoms with Gasteiger partial charge in [0.15, 0.2) is 0 Å². The van der Waals surface area contributed by atoms with Gasteiger partial charge >= 0.3 is 0 Å². The van der Waals surface area contributed by atoms with Crippen molar-refractivity contribution in [1.82, 2.24) is 0 Å². The van der Waals surface area contributed by atoms with Crippen molar-refractivity contribution in [2.75, 3.05) is 0 Å². The molecule has 0 unspecified atom stereocenters. The van der Waals surface area contributed by atoms with Crippen LogP contribution in [0.3, 0.4) is 0 Å². The minimum absolute atomic E-state index is 1.05. The van der Waals surface area contributed by atoms with Gasteiger partial charge in [0, 0.05) is 0 Å². The zero-order valence-corrected chi connectivity index (χ0v) is 11.2. The van der Waals surface area contributed by atoms with Gasteiger partial charge in [0.2, 0.25) is 0 Å². The second-order valence-corrected chi connectivity index (χ2v) is 5.29. The first-order valence-corrected chi connectivity index (χ1v) is 6.76. The Hall–Kier alpha value is -2.34. The van der Waals surface area contributed by atoms with Crippen molar-refractivity contribution in [2.24, 2.45) is 0 Å². The lowest BCUT2D eigenvalue weighted by Gasteiger charge is -2.09. The highest BCUT2D eigenvalue weighted by Gasteiger charge is 2.05. The first kappa shape index (κ1) is 11.5. The SMILES string of the molecule is [CH2]c1ccc2c(ccc3c4cccc([CH2])c4ccc23)c1. The average molecular weight is 254 g/mol. The molecule has 0 heteroatoms. The largest absolute Gasteiger partial charge is 0.0613 e. The van der Waals surface area contributed by atoms with E-state index in [4.69, 9.17) is 0 Å². The molecule has 2 radical (unpaired) electrons. The number of fused-ring (bicyclic) bond motifs is 5. The molecule has 4 aromatic carbocycles. The summed E-state index contributed by atoms with van der Waals surface area (Å²) in [4.78, 5) is 0. The van der Waals surface area contributed by atoms with Crippen LogP contribution in [0.2, 0.25) is 0 Å². The van der Waals surface area contributed by atoms with Gasteiger partial charge in [-0.2, -0.15) is 0 Å². The molecule has 0 aliphatic heterocycles. The molecule has 0 N–H and O–H groups in total. The van der Waals surface area contributed by atoms with E-state index in [0.717, 1.165) is 11.1 Å². The number of hydrogen-bond donors (Lipinski definition) is 0. The second-order valence-electron chi connectivity index (χ2n) is 5.29. The minimum Gasteiger partial charge on any atom is -0.0613 e. The molecule has 0 nitrogen and oxygen atoms in total. The molecular formula is C20H14. The van der Waals surface area contributed by atoms with Crippen LogP contribution in [0.4, 0.5) is 0 Å². The summed E-state index contributed by atoms with van der Waals surface area (Å²) in [5.74, 6) is 0. The van der Waals surface area contributed by atoms with Crippen LogP contribution in [0.1, 0.15) is 11.1 Å². The van der Waals surface area contributed by atoms with Crippen molar-refractivity contribution < 1.29 is 0 Å². The zero-order chi connectivity index (χ0) is 13.7. The third kappa shape index (κ3) is 1.55. The van der Waals surface area contributed by atoms with Gasteiger partial charge in [0.25, 0.3) is 0 Å². The van der Waals surface area contributed by atoms with Crippen LogP contribution in [-0.2, 0) is 0 Å². The Labute approximate surface area is 118 Å². The normalized spacial score (nSPS) is 11.5. The lowest BCUT2D eigenvalue weighted by molar-refractivity contribution is 1.67. The maximum Gasteiger partial charge on any atom is -0.00989 e. The standard InChI is InChI=1S/C20H14/c1-13-6-8-17-15(12-13)7-9-20-18-5-3-4-14(2)16(18)10-11-19(17)20/h3-12H,1-2H2. The smallest absolute Gasteiger partial charge is 0.00989 e. The Morgan fingerprint density at radius 3 is 2.10 bits per heavy atom. The Morgan fingerprint density at radius 2 is 1.20 bits per heavy atom. The summed E-state index contributed by atoms with van der Waals surface area (Å²) in [6, 6.07) is 21.5. The molecule has 0 saturated heterocycles. The molecule has 94 valence electrons. The fourth-order valence-corrected chi connectivity index (χ4v) is 3.03. The zero-order valence-electron chi connectivity index (χ0n) is 11.2. The van der Waals surface area contributed by atoms with Crippen LogP contribution in [0.25, 0.3) is 32.3 Å². The monoisotopic (exact) mass is 254 g/mol. The lowest BCUT2D eigenvalue weighted by Crippen LogP contribution is -1.83. The second kappa shape index (κ2) is 4.08. The Bertz CT molecular complexity index is 962. The molecule has 0 aliphatic rings. The summed E-state index contributed by atoms with van der Waals surface area (Å²) in [5, 5.41) is 7.61. The van der Waals surface area contributed by atoms with E-state index in [0.29, 0.717) is 0 Å². The summed E-state index contributed by atoms with van der Waals surface area (Å²) in [6.07, 6.45) is 0. The Kier molecular flexibility index (Phi) is 2.34. The molecule has 0 amide bonds. The average Bonchev–Trinajstić information content (AvgIpc) is 2.46. The van der Waals surface area contributed by atoms with Crippen molar-refractivity contribution in [3.05, 3.63) is 85.6 Å². The molecule has 0 saturated carbocycles. The van der Waals surface area contributed by atoms with E-state index in [1.165, 1.54) is 32.3 Å². The van der Waals surface area contributed by atoms with Crippen molar-refractivity contribution >= 4 is 32.3 Å². The molecule has 0 atom stereocenters. The number of rotatable bonds is 0. The van der Waals surface area contributed by atoms with Crippen LogP contribution < -0.4 is 0 Å². The Balaban J connectivity index is 2.25. The van der Waals surface area contributed by atoms with E-state index in [2.05, 4.69) is 74.5 Å². The van der Waals surface area contributed by atoms with Gasteiger partial charge in [-0.3, -0.25) is 0 Å². The van der Waals surface area contributed by atoms with Gasteiger partial charge in [-0.05, 0) is 57.3 Å². The molecular weight excluding hydrogens is 240 g/mol. The Morgan fingerprint density at radius 1 is 0.550 bits per heavy atom. The summed E-state index contributed by atoms with van der Waals surface area (Å²) < 4.78 is 0. The first-order valence-electron chi connectivity index (χ1n) is 6.76. The van der Waals surface area contributed by atoms with E-state index < -0.39 is 0 Å². The molecule has 4 rings (SSSR count). The molecule has 0 spiro atoms. The molecule has 0 fully saturated rings. The van der Waals surface area contributed by atoms with Gasteiger partial charge in [-0.15, -0.1) is 0 Å². The maximum absolute atomic E-state index is 4.12. The third-order valence-electron chi connectivity index (χ3n) is 4.03. The van der Waals surface area contributed by atoms with Gasteiger partial charge in [0.05, 0.1) is 0 Å². The molecule has 0 heterocycles. The molecule has 0 aromatic heterocycles. The summed E-state index contributed by atoms with van der Waals surface area (Å²) in [5.41, 5.74) is 2.13. The lowest BCUT2D eigenvalue weighted by atomic mass is 9.95. The van der Waals surface area contributed by atoms with E-state index in [1.807, 2.05) is 0 Å². The minimum atomic E-state index is 1.05. The molecule has 20 heavy (non-hydrogen) atoms. The number of benzene rings is 4. The summed E-state index contributed by atoms with van der Waals surface area (Å²) >= 11 is 0. The van der Waals surface area contributed by atoms with E-state index >= 15 is 0 Å². The van der Waals surface area contributed by atoms with E-state index in [-0.39, 0.29) is 0 Å². The first-order chi connectivity index (χ1) is 9.74. The highest BCUT2D eigenvalue weighted by atomic mass is 14.1. The van der Waals surface area contributed by atoms with E-state index in [1.54, 1.807) is 0 Å². The van der Waals surface area contributed by atoms with Crippen molar-refractivity contribution in [3.8, 4) is 0 Å². The van der Waals surface area contributed by atoms with Crippen molar-refractivity contribution in [2.45, 2.75) is 0 Å². The third-order valence-corrected chi connectivity index (χ3v) is 4.03. The summed E-state index contributed by atoms with van der Waals surface area (Å²) in [6.45, 7) is 8.13. The van der Waals surface area contributed by atoms with Gasteiger partial charge in [-0.25, -0.2) is 0 Å². The highest BCUT2D eigenvalue weighted by molar-refractivity contribution is 6.17. The molecule has 4 aromatic rings. The van der Waals surface area contributed by atoms with Gasteiger partial charge < -0.3 is 0 Å². The van der Waals surface area contributed by atoms with Crippen LogP contribution in [-0.4, -0.2) is 0 Å². The maximum atomic E-state index is 4.12. The highest BCUT2D eigenvalue weighted by Crippen LogP contribution is 2.32. The molecule has 0 aliphatic carbocycles. The molecule has 0 bridgehead atoms. The predicted octanol–water partition coefficient (Wildman–Crippen LogP) is 5.51. The van der Waals surface area contributed by atoms with Crippen LogP contribution in [0.5, 0.6) is 0 Å². The fraction of sp³-hybridized carbons (Fsp3) is 0. The van der Waals surface area contributed by atoms with Gasteiger partial charge in [-0.1, -0.05) is 60.7 Å². The quantitative estimate of drug-likeness (QED) is 0.363. The van der Waals surface area contributed by atoms with E-state index in [9.17, 15) is 0 Å². The van der Waals surface area contributed by atoms with Crippen LogP contribution >= 0.6 is 0 Å².